The van der Waals surface area contributed by atoms with E-state index in [0.29, 0.717) is 55.1 Å². The summed E-state index contributed by atoms with van der Waals surface area (Å²) in [5.74, 6) is 2.62. The van der Waals surface area contributed by atoms with Gasteiger partial charge in [-0.15, -0.1) is 0 Å². The highest BCUT2D eigenvalue weighted by Gasteiger charge is 2.67. The molecule has 0 aromatic rings. The summed E-state index contributed by atoms with van der Waals surface area (Å²) in [6, 6.07) is 0. The van der Waals surface area contributed by atoms with Gasteiger partial charge in [0.05, 0.1) is 45.2 Å². The van der Waals surface area contributed by atoms with Crippen LogP contribution >= 0.6 is 0 Å². The molecule has 0 aromatic heterocycles. The summed E-state index contributed by atoms with van der Waals surface area (Å²) in [5.41, 5.74) is 1.74. The third-order valence-corrected chi connectivity index (χ3v) is 16.5. The third-order valence-electron chi connectivity index (χ3n) is 16.5. The minimum Gasteiger partial charge on any atom is -0.394 e. The molecule has 4 aliphatic heterocycles. The molecule has 4 aliphatic carbocycles. The van der Waals surface area contributed by atoms with Crippen molar-refractivity contribution in [3.8, 4) is 0 Å². The van der Waals surface area contributed by atoms with Crippen LogP contribution in [0.25, 0.3) is 0 Å². The van der Waals surface area contributed by atoms with Gasteiger partial charge in [-0.25, -0.2) is 0 Å². The van der Waals surface area contributed by atoms with Crippen molar-refractivity contribution < 1.29 is 73.6 Å². The van der Waals surface area contributed by atoms with Gasteiger partial charge in [0.2, 0.25) is 0 Å². The molecule has 342 valence electrons. The SMILES string of the molecule is COC[C@@H](CCO[C@H]1CC[C@@]2(C)C(=CC[C@H]3[C@@H]4C[C@@H]5O[C@]6(CC[C@@H](C)CO6)[C@@H](C)[C@@H]5[C@@]4(C)C=C[C@@H]32)C1)CO[C@@H]1O[C@H](CO)[C@@H](O[C@H]2O[C@H](CO)[C@@H](O)[C@H](O)[C@H]2O)[C@H](O)[C@H]1O. The summed E-state index contributed by atoms with van der Waals surface area (Å²) in [6.07, 6.45) is 1.02. The lowest BCUT2D eigenvalue weighted by Crippen LogP contribution is -2.64. The normalized spacial score (nSPS) is 51.7. The lowest BCUT2D eigenvalue weighted by atomic mass is 9.49. The van der Waals surface area contributed by atoms with Crippen molar-refractivity contribution in [1.82, 2.24) is 0 Å². The van der Waals surface area contributed by atoms with E-state index in [9.17, 15) is 35.7 Å². The molecule has 60 heavy (non-hydrogen) atoms. The summed E-state index contributed by atoms with van der Waals surface area (Å²) < 4.78 is 48.3. The van der Waals surface area contributed by atoms with Crippen molar-refractivity contribution in [2.75, 3.05) is 46.8 Å². The maximum absolute atomic E-state index is 11.0. The molecular formula is C45H72O15. The fourth-order valence-electron chi connectivity index (χ4n) is 12.9. The minimum atomic E-state index is -1.74. The van der Waals surface area contributed by atoms with Crippen LogP contribution in [0.4, 0.5) is 0 Å². The number of fused-ring (bicyclic) bond motifs is 7. The number of allylic oxidation sites excluding steroid dienone is 3. The van der Waals surface area contributed by atoms with Gasteiger partial charge in [0.25, 0.3) is 0 Å². The van der Waals surface area contributed by atoms with Crippen LogP contribution in [0.15, 0.2) is 23.8 Å². The summed E-state index contributed by atoms with van der Waals surface area (Å²) >= 11 is 0. The van der Waals surface area contributed by atoms with Crippen LogP contribution in [0.5, 0.6) is 0 Å². The molecule has 0 aromatic carbocycles. The Morgan fingerprint density at radius 2 is 1.62 bits per heavy atom. The first kappa shape index (κ1) is 45.4. The van der Waals surface area contributed by atoms with E-state index < -0.39 is 80.4 Å². The summed E-state index contributed by atoms with van der Waals surface area (Å²) in [7, 11) is 1.60. The van der Waals surface area contributed by atoms with E-state index in [-0.39, 0.29) is 35.6 Å². The van der Waals surface area contributed by atoms with Crippen LogP contribution in [-0.4, -0.2) is 162 Å². The number of aliphatic hydroxyl groups is 7. The number of methoxy groups -OCH3 is 1. The highest BCUT2D eigenvalue weighted by atomic mass is 16.7. The summed E-state index contributed by atoms with van der Waals surface area (Å²) in [5, 5.41) is 72.3. The van der Waals surface area contributed by atoms with Crippen LogP contribution in [0.2, 0.25) is 0 Å². The number of rotatable bonds is 13. The van der Waals surface area contributed by atoms with Crippen molar-refractivity contribution in [2.45, 2.75) is 158 Å². The second-order valence-electron chi connectivity index (χ2n) is 20.1. The number of ether oxygens (including phenoxy) is 8. The Morgan fingerprint density at radius 3 is 2.33 bits per heavy atom. The van der Waals surface area contributed by atoms with Crippen molar-refractivity contribution in [1.29, 1.82) is 0 Å². The van der Waals surface area contributed by atoms with E-state index >= 15 is 0 Å². The molecule has 0 bridgehead atoms. The standard InChI is InChI=1S/C45H72O15/c1-23-8-14-45(56-20-23)24(2)34-31(60-45)17-30-28-7-6-26-16-27(9-12-43(26,3)29(28)10-13-44(30,34)4)54-15-11-25(21-53-5)22-55-41-39(52)37(50)40(33(19-47)58-41)59-42-38(51)36(49)35(48)32(18-46)57-42/h6,10,13,23-25,27-42,46-52H,7-9,11-12,14-22H2,1-5H3/t23-,24+,25-,27+,28-,29+,30+,31+,32-,33-,34+,35-,36+,37-,38-,39-,40-,41-,42-,43+,44+,45-/m1/s1. The van der Waals surface area contributed by atoms with Crippen molar-refractivity contribution in [3.63, 3.8) is 0 Å². The van der Waals surface area contributed by atoms with E-state index in [1.165, 1.54) is 12.0 Å². The average Bonchev–Trinajstić information content (AvgIpc) is 3.69. The Labute approximate surface area is 354 Å². The van der Waals surface area contributed by atoms with Gasteiger partial charge in [-0.1, -0.05) is 51.5 Å². The van der Waals surface area contributed by atoms with Crippen molar-refractivity contribution in [2.24, 2.45) is 52.3 Å². The smallest absolute Gasteiger partial charge is 0.187 e. The van der Waals surface area contributed by atoms with Crippen LogP contribution in [-0.2, 0) is 37.9 Å². The van der Waals surface area contributed by atoms with Crippen LogP contribution in [0.1, 0.15) is 79.1 Å². The molecule has 15 nitrogen and oxygen atoms in total. The van der Waals surface area contributed by atoms with Crippen LogP contribution in [0.3, 0.4) is 0 Å². The zero-order valence-corrected chi connectivity index (χ0v) is 36.0. The van der Waals surface area contributed by atoms with Crippen LogP contribution < -0.4 is 0 Å². The third kappa shape index (κ3) is 8.01. The number of aliphatic hydroxyl groups excluding tert-OH is 7. The topological polar surface area (TPSA) is 215 Å². The minimum absolute atomic E-state index is 0.109. The van der Waals surface area contributed by atoms with E-state index in [1.807, 2.05) is 0 Å². The molecular weight excluding hydrogens is 780 g/mol. The predicted octanol–water partition coefficient (Wildman–Crippen LogP) is 1.81. The Bertz CT molecular complexity index is 1520. The molecule has 6 fully saturated rings. The van der Waals surface area contributed by atoms with Crippen molar-refractivity contribution >= 4 is 0 Å². The molecule has 0 unspecified atom stereocenters. The molecule has 1 spiro atoms. The van der Waals surface area contributed by atoms with Crippen molar-refractivity contribution in [3.05, 3.63) is 23.8 Å². The Hall–Kier alpha value is -1.12. The molecule has 15 heteroatoms. The maximum atomic E-state index is 11.0. The second-order valence-corrected chi connectivity index (χ2v) is 20.1. The maximum Gasteiger partial charge on any atom is 0.187 e. The Kier molecular flexibility index (Phi) is 13.7. The molecule has 22 atom stereocenters. The summed E-state index contributed by atoms with van der Waals surface area (Å²) in [4.78, 5) is 0. The molecule has 4 saturated heterocycles. The van der Waals surface area contributed by atoms with Gasteiger partial charge in [-0.05, 0) is 79.4 Å². The number of hydrogen-bond donors (Lipinski definition) is 7. The lowest BCUT2D eigenvalue weighted by molar-refractivity contribution is -0.360. The monoisotopic (exact) mass is 852 g/mol. The molecule has 2 saturated carbocycles. The fraction of sp³-hybridized carbons (Fsp3) is 0.911. The Morgan fingerprint density at radius 1 is 0.867 bits per heavy atom. The predicted molar refractivity (Wildman–Crippen MR) is 214 cm³/mol. The highest BCUT2D eigenvalue weighted by Crippen LogP contribution is 2.68. The molecule has 4 heterocycles. The van der Waals surface area contributed by atoms with Gasteiger partial charge >= 0.3 is 0 Å². The first-order valence-electron chi connectivity index (χ1n) is 22.7. The largest absolute Gasteiger partial charge is 0.394 e. The Balaban J connectivity index is 0.822. The first-order chi connectivity index (χ1) is 28.7. The zero-order valence-electron chi connectivity index (χ0n) is 36.0. The van der Waals surface area contributed by atoms with E-state index in [0.717, 1.165) is 45.1 Å². The molecule has 0 amide bonds. The zero-order chi connectivity index (χ0) is 42.7. The van der Waals surface area contributed by atoms with Gasteiger partial charge in [0.15, 0.2) is 18.4 Å². The van der Waals surface area contributed by atoms with Gasteiger partial charge in [-0.2, -0.15) is 0 Å². The fourth-order valence-corrected chi connectivity index (χ4v) is 12.9. The molecule has 8 rings (SSSR count). The average molecular weight is 853 g/mol. The second kappa shape index (κ2) is 18.0. The molecule has 7 N–H and O–H groups in total. The quantitative estimate of drug-likeness (QED) is 0.132. The van der Waals surface area contributed by atoms with Gasteiger partial charge in [0, 0.05) is 37.9 Å². The van der Waals surface area contributed by atoms with Gasteiger partial charge < -0.3 is 73.6 Å². The molecule has 8 aliphatic rings. The van der Waals surface area contributed by atoms with E-state index in [4.69, 9.17) is 37.9 Å². The number of hydrogen-bond acceptors (Lipinski definition) is 15. The van der Waals surface area contributed by atoms with Gasteiger partial charge in [0.1, 0.15) is 48.8 Å². The van der Waals surface area contributed by atoms with E-state index in [2.05, 4.69) is 45.9 Å². The first-order valence-corrected chi connectivity index (χ1v) is 22.7. The van der Waals surface area contributed by atoms with Crippen LogP contribution in [0, 0.1) is 52.3 Å². The van der Waals surface area contributed by atoms with Gasteiger partial charge in [-0.3, -0.25) is 0 Å². The molecule has 0 radical (unpaired) electrons. The summed E-state index contributed by atoms with van der Waals surface area (Å²) in [6.45, 7) is 10.1. The highest BCUT2D eigenvalue weighted by molar-refractivity contribution is 5.31. The van der Waals surface area contributed by atoms with E-state index in [1.54, 1.807) is 7.11 Å². The lowest BCUT2D eigenvalue weighted by Gasteiger charge is -2.56.